The lowest BCUT2D eigenvalue weighted by Gasteiger charge is -2.36. The zero-order chi connectivity index (χ0) is 20.0. The topological polar surface area (TPSA) is 88.1 Å². The number of aromatic nitrogens is 2. The highest BCUT2D eigenvalue weighted by atomic mass is 16.2. The van der Waals surface area contributed by atoms with Crippen LogP contribution in [0.3, 0.4) is 0 Å². The number of rotatable bonds is 7. The molecule has 2 aromatic rings. The SMILES string of the molecule is CC(C)CC(=O)Nc1cccc(CNC(=O)C2(n3cccn3)CCNCC2)c1. The van der Waals surface area contributed by atoms with E-state index in [1.165, 1.54) is 0 Å². The predicted octanol–water partition coefficient (Wildman–Crippen LogP) is 2.26. The Morgan fingerprint density at radius 3 is 2.71 bits per heavy atom. The molecule has 28 heavy (non-hydrogen) atoms. The van der Waals surface area contributed by atoms with Gasteiger partial charge in [-0.05, 0) is 55.6 Å². The van der Waals surface area contributed by atoms with E-state index in [0.29, 0.717) is 31.7 Å². The number of carbonyl (C=O) groups is 2. The first-order chi connectivity index (χ1) is 13.5. The molecule has 0 atom stereocenters. The van der Waals surface area contributed by atoms with Crippen molar-refractivity contribution in [2.75, 3.05) is 18.4 Å². The molecule has 1 aromatic carbocycles. The van der Waals surface area contributed by atoms with E-state index in [9.17, 15) is 9.59 Å². The van der Waals surface area contributed by atoms with Crippen molar-refractivity contribution in [1.29, 1.82) is 0 Å². The highest BCUT2D eigenvalue weighted by molar-refractivity contribution is 5.91. The lowest BCUT2D eigenvalue weighted by atomic mass is 9.87. The summed E-state index contributed by atoms with van der Waals surface area (Å²) in [6.07, 6.45) is 5.45. The average Bonchev–Trinajstić information content (AvgIpc) is 3.21. The van der Waals surface area contributed by atoms with Crippen molar-refractivity contribution < 1.29 is 9.59 Å². The normalized spacial score (nSPS) is 16.0. The largest absolute Gasteiger partial charge is 0.350 e. The third kappa shape index (κ3) is 4.78. The van der Waals surface area contributed by atoms with Crippen molar-refractivity contribution in [3.8, 4) is 0 Å². The summed E-state index contributed by atoms with van der Waals surface area (Å²) in [4.78, 5) is 25.1. The maximum atomic E-state index is 13.1. The molecule has 0 saturated carbocycles. The van der Waals surface area contributed by atoms with Crippen molar-refractivity contribution in [3.63, 3.8) is 0 Å². The van der Waals surface area contributed by atoms with Crippen molar-refractivity contribution in [3.05, 3.63) is 48.3 Å². The second-order valence-corrected chi connectivity index (χ2v) is 7.76. The van der Waals surface area contributed by atoms with Gasteiger partial charge in [-0.15, -0.1) is 0 Å². The Hall–Kier alpha value is -2.67. The first-order valence-corrected chi connectivity index (χ1v) is 9.87. The van der Waals surface area contributed by atoms with E-state index in [1.807, 2.05) is 50.4 Å². The summed E-state index contributed by atoms with van der Waals surface area (Å²) >= 11 is 0. The maximum absolute atomic E-state index is 13.1. The van der Waals surface area contributed by atoms with Crippen LogP contribution < -0.4 is 16.0 Å². The zero-order valence-corrected chi connectivity index (χ0v) is 16.6. The van der Waals surface area contributed by atoms with Crippen molar-refractivity contribution in [1.82, 2.24) is 20.4 Å². The fourth-order valence-electron chi connectivity index (χ4n) is 3.61. The van der Waals surface area contributed by atoms with Gasteiger partial charge in [-0.3, -0.25) is 14.3 Å². The average molecular weight is 383 g/mol. The standard InChI is InChI=1S/C21H29N5O2/c1-16(2)13-19(27)25-18-6-3-5-17(14-18)15-23-20(28)21(7-10-22-11-8-21)26-12-4-9-24-26/h3-6,9,12,14,16,22H,7-8,10-11,13,15H2,1-2H3,(H,23,28)(H,25,27). The van der Waals surface area contributed by atoms with Gasteiger partial charge in [-0.2, -0.15) is 5.10 Å². The third-order valence-corrected chi connectivity index (χ3v) is 5.05. The smallest absolute Gasteiger partial charge is 0.248 e. The molecular weight excluding hydrogens is 354 g/mol. The fourth-order valence-corrected chi connectivity index (χ4v) is 3.61. The zero-order valence-electron chi connectivity index (χ0n) is 16.6. The molecule has 0 bridgehead atoms. The molecule has 1 aliphatic heterocycles. The quantitative estimate of drug-likeness (QED) is 0.684. The van der Waals surface area contributed by atoms with E-state index in [2.05, 4.69) is 21.0 Å². The van der Waals surface area contributed by atoms with E-state index >= 15 is 0 Å². The molecule has 0 unspecified atom stereocenters. The van der Waals surface area contributed by atoms with Crippen LogP contribution >= 0.6 is 0 Å². The van der Waals surface area contributed by atoms with Crippen LogP contribution in [0, 0.1) is 5.92 Å². The van der Waals surface area contributed by atoms with Crippen molar-refractivity contribution in [2.24, 2.45) is 5.92 Å². The molecule has 0 spiro atoms. The van der Waals surface area contributed by atoms with E-state index in [0.717, 1.165) is 24.3 Å². The summed E-state index contributed by atoms with van der Waals surface area (Å²) in [5.74, 6) is 0.293. The number of nitrogens with one attached hydrogen (secondary N) is 3. The monoisotopic (exact) mass is 383 g/mol. The first-order valence-electron chi connectivity index (χ1n) is 9.87. The van der Waals surface area contributed by atoms with Crippen LogP contribution in [-0.2, 0) is 21.7 Å². The van der Waals surface area contributed by atoms with Gasteiger partial charge >= 0.3 is 0 Å². The summed E-state index contributed by atoms with van der Waals surface area (Å²) in [7, 11) is 0. The number of hydrogen-bond acceptors (Lipinski definition) is 4. The van der Waals surface area contributed by atoms with Crippen LogP contribution in [0.25, 0.3) is 0 Å². The maximum Gasteiger partial charge on any atom is 0.248 e. The number of hydrogen-bond donors (Lipinski definition) is 3. The number of amides is 2. The second-order valence-electron chi connectivity index (χ2n) is 7.76. The van der Waals surface area contributed by atoms with Crippen molar-refractivity contribution >= 4 is 17.5 Å². The van der Waals surface area contributed by atoms with Crippen molar-refractivity contribution in [2.45, 2.75) is 45.2 Å². The molecule has 150 valence electrons. The molecule has 7 heteroatoms. The predicted molar refractivity (Wildman–Crippen MR) is 109 cm³/mol. The summed E-state index contributed by atoms with van der Waals surface area (Å²) in [5, 5.41) is 13.6. The minimum atomic E-state index is -0.655. The molecule has 3 N–H and O–H groups in total. The molecule has 3 rings (SSSR count). The van der Waals surface area contributed by atoms with E-state index in [-0.39, 0.29) is 11.8 Å². The molecule has 0 radical (unpaired) electrons. The molecular formula is C21H29N5O2. The minimum Gasteiger partial charge on any atom is -0.350 e. The Balaban J connectivity index is 1.65. The van der Waals surface area contributed by atoms with Gasteiger partial charge in [-0.25, -0.2) is 0 Å². The molecule has 1 fully saturated rings. The van der Waals surface area contributed by atoms with Gasteiger partial charge in [-0.1, -0.05) is 26.0 Å². The number of anilines is 1. The number of piperidine rings is 1. The molecule has 2 amide bonds. The first kappa shape index (κ1) is 20.1. The second kappa shape index (κ2) is 9.01. The number of nitrogens with zero attached hydrogens (tertiary/aromatic N) is 2. The summed E-state index contributed by atoms with van der Waals surface area (Å²) in [6.45, 7) is 6.00. The van der Waals surface area contributed by atoms with Crippen LogP contribution in [0.1, 0.15) is 38.7 Å². The number of benzene rings is 1. The molecule has 0 aliphatic carbocycles. The van der Waals surface area contributed by atoms with E-state index < -0.39 is 5.54 Å². The Bertz CT molecular complexity index is 795. The van der Waals surface area contributed by atoms with Gasteiger partial charge in [0.05, 0.1) is 0 Å². The third-order valence-electron chi connectivity index (χ3n) is 5.05. The summed E-state index contributed by atoms with van der Waals surface area (Å²) in [5.41, 5.74) is 1.04. The molecule has 7 nitrogen and oxygen atoms in total. The van der Waals surface area contributed by atoms with Gasteiger partial charge in [0.25, 0.3) is 0 Å². The summed E-state index contributed by atoms with van der Waals surface area (Å²) in [6, 6.07) is 9.45. The lowest BCUT2D eigenvalue weighted by Crippen LogP contribution is -2.54. The fraction of sp³-hybridized carbons (Fsp3) is 0.476. The van der Waals surface area contributed by atoms with Gasteiger partial charge in [0.15, 0.2) is 0 Å². The van der Waals surface area contributed by atoms with Crippen LogP contribution in [0.15, 0.2) is 42.7 Å². The van der Waals surface area contributed by atoms with Gasteiger partial charge in [0.1, 0.15) is 5.54 Å². The lowest BCUT2D eigenvalue weighted by molar-refractivity contribution is -0.132. The van der Waals surface area contributed by atoms with Gasteiger partial charge in [0, 0.05) is 31.0 Å². The van der Waals surface area contributed by atoms with E-state index in [4.69, 9.17) is 0 Å². The van der Waals surface area contributed by atoms with E-state index in [1.54, 1.807) is 10.9 Å². The molecule has 1 aliphatic rings. The Morgan fingerprint density at radius 2 is 2.04 bits per heavy atom. The van der Waals surface area contributed by atoms with Crippen LogP contribution in [0.2, 0.25) is 0 Å². The molecule has 1 saturated heterocycles. The van der Waals surface area contributed by atoms with Crippen LogP contribution in [0.4, 0.5) is 5.69 Å². The molecule has 2 heterocycles. The van der Waals surface area contributed by atoms with Crippen LogP contribution in [-0.4, -0.2) is 34.7 Å². The minimum absolute atomic E-state index is 0.00327. The summed E-state index contributed by atoms with van der Waals surface area (Å²) < 4.78 is 1.78. The molecule has 1 aromatic heterocycles. The number of carbonyl (C=O) groups excluding carboxylic acids is 2. The Morgan fingerprint density at radius 1 is 1.25 bits per heavy atom. The van der Waals surface area contributed by atoms with Crippen LogP contribution in [0.5, 0.6) is 0 Å². The Kier molecular flexibility index (Phi) is 6.46. The highest BCUT2D eigenvalue weighted by Gasteiger charge is 2.41. The highest BCUT2D eigenvalue weighted by Crippen LogP contribution is 2.27. The van der Waals surface area contributed by atoms with Gasteiger partial charge in [0.2, 0.25) is 11.8 Å². The Labute approximate surface area is 165 Å². The van der Waals surface area contributed by atoms with Gasteiger partial charge < -0.3 is 16.0 Å².